The summed E-state index contributed by atoms with van der Waals surface area (Å²) < 4.78 is 11.8. The molecule has 0 bridgehead atoms. The third-order valence-electron chi connectivity index (χ3n) is 3.78. The average molecular weight is 282 g/mol. The molecule has 1 unspecified atom stereocenters. The Labute approximate surface area is 118 Å². The van der Waals surface area contributed by atoms with E-state index in [1.165, 1.54) is 0 Å². The number of rotatable bonds is 3. The van der Waals surface area contributed by atoms with E-state index in [0.717, 1.165) is 0 Å². The fourth-order valence-corrected chi connectivity index (χ4v) is 2.43. The van der Waals surface area contributed by atoms with Crippen LogP contribution in [-0.2, 0) is 9.31 Å². The summed E-state index contributed by atoms with van der Waals surface area (Å²) in [6, 6.07) is 7.01. The maximum Gasteiger partial charge on any atom is 0.495 e. The number of carbonyl (C=O) groups excluding carboxylic acids is 1. The van der Waals surface area contributed by atoms with E-state index in [-0.39, 0.29) is 0 Å². The van der Waals surface area contributed by atoms with E-state index in [2.05, 4.69) is 0 Å². The van der Waals surface area contributed by atoms with Crippen molar-refractivity contribution in [1.82, 2.24) is 0 Å². The first kappa shape index (κ1) is 14.4. The molecule has 1 heterocycles. The summed E-state index contributed by atoms with van der Waals surface area (Å²) in [5.74, 6) is -0.199. The number of nitrogens with two attached hydrogens (primary N) is 1. The first-order valence-electron chi connectivity index (χ1n) is 6.11. The first-order valence-corrected chi connectivity index (χ1v) is 6.64. The largest absolute Gasteiger partial charge is 0.495 e. The van der Waals surface area contributed by atoms with Gasteiger partial charge in [-0.05, 0) is 32.3 Å². The fraction of sp³-hybridized carbons (Fsp3) is 0.462. The minimum absolute atomic E-state index is 0.301. The van der Waals surface area contributed by atoms with E-state index < -0.39 is 24.2 Å². The molecule has 0 spiro atoms. The minimum Gasteiger partial charge on any atom is -0.399 e. The van der Waals surface area contributed by atoms with Gasteiger partial charge in [0, 0.05) is 5.56 Å². The molecule has 0 saturated carbocycles. The average Bonchev–Trinajstić information content (AvgIpc) is 2.61. The summed E-state index contributed by atoms with van der Waals surface area (Å²) >= 11 is 5.99. The second-order valence-corrected chi connectivity index (χ2v) is 5.66. The molecule has 1 aliphatic rings. The van der Waals surface area contributed by atoms with Gasteiger partial charge in [0.25, 0.3) is 0 Å². The molecule has 4 nitrogen and oxygen atoms in total. The Hall–Kier alpha value is -1.04. The lowest BCUT2D eigenvalue weighted by atomic mass is 9.76. The predicted molar refractivity (Wildman–Crippen MR) is 75.7 cm³/mol. The zero-order valence-corrected chi connectivity index (χ0v) is 12.0. The maximum atomic E-state index is 11.5. The second kappa shape index (κ2) is 4.82. The molecule has 2 rings (SSSR count). The highest BCUT2D eigenvalue weighted by atomic mass is 35.5. The highest BCUT2D eigenvalue weighted by Crippen LogP contribution is 2.38. The van der Waals surface area contributed by atoms with E-state index in [4.69, 9.17) is 26.6 Å². The number of carbonyl (C=O) groups is 1. The molecule has 19 heavy (non-hydrogen) atoms. The molecule has 1 saturated heterocycles. The molecule has 0 aromatic heterocycles. The van der Waals surface area contributed by atoms with Crippen molar-refractivity contribution in [3.63, 3.8) is 0 Å². The summed E-state index contributed by atoms with van der Waals surface area (Å²) in [6.45, 7) is 5.73. The molecule has 102 valence electrons. The van der Waals surface area contributed by atoms with Crippen molar-refractivity contribution in [3.05, 3.63) is 29.8 Å². The lowest BCUT2D eigenvalue weighted by Gasteiger charge is -2.34. The van der Waals surface area contributed by atoms with Crippen LogP contribution in [0.2, 0.25) is 0 Å². The van der Waals surface area contributed by atoms with Gasteiger partial charge in [0.1, 0.15) is 0 Å². The van der Waals surface area contributed by atoms with Gasteiger partial charge < -0.3 is 15.0 Å². The van der Waals surface area contributed by atoms with Crippen LogP contribution in [0.3, 0.4) is 0 Å². The third-order valence-corrected chi connectivity index (χ3v) is 4.29. The molecule has 1 aromatic carbocycles. The Kier molecular flexibility index (Phi) is 3.64. The van der Waals surface area contributed by atoms with Gasteiger partial charge in [-0.1, -0.05) is 18.2 Å². The van der Waals surface area contributed by atoms with Crippen LogP contribution in [0.5, 0.6) is 0 Å². The zero-order chi connectivity index (χ0) is 14.3. The van der Waals surface area contributed by atoms with Crippen LogP contribution in [0, 0.1) is 0 Å². The van der Waals surface area contributed by atoms with Crippen LogP contribution in [0.25, 0.3) is 0 Å². The van der Waals surface area contributed by atoms with E-state index in [0.29, 0.717) is 16.9 Å². The molecular formula is C13H17BClNO3. The Morgan fingerprint density at radius 3 is 2.47 bits per heavy atom. The number of amides is 1. The quantitative estimate of drug-likeness (QED) is 0.671. The predicted octanol–water partition coefficient (Wildman–Crippen LogP) is 1.30. The first-order chi connectivity index (χ1) is 8.81. The summed E-state index contributed by atoms with van der Waals surface area (Å²) in [4.78, 5) is 11.5. The van der Waals surface area contributed by atoms with Gasteiger partial charge in [0.2, 0.25) is 5.91 Å². The molecule has 1 aromatic rings. The summed E-state index contributed by atoms with van der Waals surface area (Å²) in [5, 5.41) is 0. The topological polar surface area (TPSA) is 61.5 Å². The zero-order valence-electron chi connectivity index (χ0n) is 11.3. The van der Waals surface area contributed by atoms with E-state index in [1.807, 2.05) is 26.8 Å². The molecule has 1 aliphatic heterocycles. The van der Waals surface area contributed by atoms with Gasteiger partial charge in [-0.25, -0.2) is 0 Å². The van der Waals surface area contributed by atoms with Gasteiger partial charge in [-0.3, -0.25) is 4.79 Å². The molecule has 6 heteroatoms. The standard InChI is InChI=1S/C13H17BClNO3/c1-12(2)13(3,8-15)19-14(18-12)10-7-5-4-6-9(10)11(16)17/h4-7H,8H2,1-3H3,(H2,16,17). The van der Waals surface area contributed by atoms with Crippen molar-refractivity contribution in [2.24, 2.45) is 5.73 Å². The number of benzene rings is 1. The number of halogens is 1. The number of alkyl halides is 1. The number of primary amides is 1. The van der Waals surface area contributed by atoms with Crippen molar-refractivity contribution in [2.45, 2.75) is 32.0 Å². The Morgan fingerprint density at radius 2 is 1.95 bits per heavy atom. The fourth-order valence-electron chi connectivity index (χ4n) is 2.04. The van der Waals surface area contributed by atoms with Gasteiger partial charge in [0.15, 0.2) is 0 Å². The van der Waals surface area contributed by atoms with Crippen molar-refractivity contribution in [3.8, 4) is 0 Å². The van der Waals surface area contributed by atoms with Crippen molar-refractivity contribution >= 4 is 30.1 Å². The number of hydrogen-bond acceptors (Lipinski definition) is 3. The highest BCUT2D eigenvalue weighted by molar-refractivity contribution is 6.63. The van der Waals surface area contributed by atoms with E-state index >= 15 is 0 Å². The molecular weight excluding hydrogens is 264 g/mol. The van der Waals surface area contributed by atoms with Gasteiger partial charge in [-0.2, -0.15) is 0 Å². The van der Waals surface area contributed by atoms with Crippen molar-refractivity contribution in [2.75, 3.05) is 5.88 Å². The van der Waals surface area contributed by atoms with Crippen LogP contribution >= 0.6 is 11.6 Å². The molecule has 0 radical (unpaired) electrons. The second-order valence-electron chi connectivity index (χ2n) is 5.39. The molecule has 1 amide bonds. The lowest BCUT2D eigenvalue weighted by molar-refractivity contribution is 0.00860. The number of hydrogen-bond donors (Lipinski definition) is 1. The molecule has 0 aliphatic carbocycles. The van der Waals surface area contributed by atoms with Crippen molar-refractivity contribution < 1.29 is 14.1 Å². The van der Waals surface area contributed by atoms with Crippen LogP contribution < -0.4 is 11.2 Å². The van der Waals surface area contributed by atoms with E-state index in [1.54, 1.807) is 18.2 Å². The van der Waals surface area contributed by atoms with Gasteiger partial charge in [-0.15, -0.1) is 11.6 Å². The normalized spacial score (nSPS) is 25.6. The Bertz CT molecular complexity index is 508. The lowest BCUT2D eigenvalue weighted by Crippen LogP contribution is -2.46. The van der Waals surface area contributed by atoms with Gasteiger partial charge >= 0.3 is 7.12 Å². The SMILES string of the molecule is CC1(C)OB(c2ccccc2C(N)=O)OC1(C)CCl. The smallest absolute Gasteiger partial charge is 0.399 e. The molecule has 2 N–H and O–H groups in total. The Balaban J connectivity index is 2.39. The summed E-state index contributed by atoms with van der Waals surface area (Å²) in [6.07, 6.45) is 0. The highest BCUT2D eigenvalue weighted by Gasteiger charge is 2.54. The van der Waals surface area contributed by atoms with Gasteiger partial charge in [0.05, 0.1) is 17.1 Å². The monoisotopic (exact) mass is 281 g/mol. The van der Waals surface area contributed by atoms with Crippen LogP contribution in [-0.4, -0.2) is 30.1 Å². The van der Waals surface area contributed by atoms with Crippen LogP contribution in [0.15, 0.2) is 24.3 Å². The van der Waals surface area contributed by atoms with Crippen molar-refractivity contribution in [1.29, 1.82) is 0 Å². The molecule has 1 fully saturated rings. The third kappa shape index (κ3) is 2.38. The molecule has 1 atom stereocenters. The van der Waals surface area contributed by atoms with Crippen LogP contribution in [0.4, 0.5) is 0 Å². The Morgan fingerprint density at radius 1 is 1.32 bits per heavy atom. The van der Waals surface area contributed by atoms with E-state index in [9.17, 15) is 4.79 Å². The van der Waals surface area contributed by atoms with Crippen LogP contribution in [0.1, 0.15) is 31.1 Å². The summed E-state index contributed by atoms with van der Waals surface area (Å²) in [7, 11) is -0.637. The minimum atomic E-state index is -0.637. The summed E-state index contributed by atoms with van der Waals surface area (Å²) in [5.41, 5.74) is 5.24. The maximum absolute atomic E-state index is 11.5.